The van der Waals surface area contributed by atoms with E-state index < -0.39 is 7.60 Å². The molecule has 0 radical (unpaired) electrons. The Hall–Kier alpha value is -0.630. The van der Waals surface area contributed by atoms with E-state index in [1.54, 1.807) is 6.07 Å². The SMILES string of the molecule is CCc1ccc(P(=O)(O)O)c(CC)c1C. The van der Waals surface area contributed by atoms with Crippen LogP contribution >= 0.6 is 7.60 Å². The van der Waals surface area contributed by atoms with Crippen LogP contribution in [-0.2, 0) is 17.4 Å². The molecule has 0 atom stereocenters. The van der Waals surface area contributed by atoms with Crippen LogP contribution < -0.4 is 5.30 Å². The first-order valence-corrected chi connectivity index (χ1v) is 6.70. The van der Waals surface area contributed by atoms with E-state index in [1.165, 1.54) is 0 Å². The maximum atomic E-state index is 11.3. The molecular formula is C11H17O3P. The molecule has 1 aromatic rings. The second-order valence-electron chi connectivity index (χ2n) is 3.60. The van der Waals surface area contributed by atoms with E-state index in [2.05, 4.69) is 0 Å². The molecule has 0 saturated heterocycles. The van der Waals surface area contributed by atoms with Crippen molar-refractivity contribution in [2.45, 2.75) is 33.6 Å². The van der Waals surface area contributed by atoms with Crippen LogP contribution in [0, 0.1) is 6.92 Å². The molecule has 1 rings (SSSR count). The molecule has 0 bridgehead atoms. The molecule has 15 heavy (non-hydrogen) atoms. The highest BCUT2D eigenvalue weighted by atomic mass is 31.2. The Balaban J connectivity index is 3.44. The van der Waals surface area contributed by atoms with Gasteiger partial charge in [0.25, 0.3) is 0 Å². The highest BCUT2D eigenvalue weighted by Gasteiger charge is 2.22. The lowest BCUT2D eigenvalue weighted by Gasteiger charge is -2.15. The lowest BCUT2D eigenvalue weighted by Crippen LogP contribution is -2.13. The molecule has 4 heteroatoms. The second kappa shape index (κ2) is 4.48. The molecule has 0 aliphatic rings. The Kier molecular flexibility index (Phi) is 3.72. The van der Waals surface area contributed by atoms with Crippen molar-refractivity contribution in [3.05, 3.63) is 28.8 Å². The third-order valence-corrected chi connectivity index (χ3v) is 3.78. The molecule has 0 aliphatic heterocycles. The van der Waals surface area contributed by atoms with Gasteiger partial charge in [0, 0.05) is 0 Å². The van der Waals surface area contributed by atoms with Crippen LogP contribution in [0.25, 0.3) is 0 Å². The van der Waals surface area contributed by atoms with Crippen molar-refractivity contribution in [1.29, 1.82) is 0 Å². The smallest absolute Gasteiger partial charge is 0.321 e. The van der Waals surface area contributed by atoms with Crippen LogP contribution in [0.5, 0.6) is 0 Å². The summed E-state index contributed by atoms with van der Waals surface area (Å²) in [5, 5.41) is 0.180. The average molecular weight is 228 g/mol. The van der Waals surface area contributed by atoms with Gasteiger partial charge in [-0.05, 0) is 42.5 Å². The van der Waals surface area contributed by atoms with Crippen molar-refractivity contribution < 1.29 is 14.4 Å². The van der Waals surface area contributed by atoms with Gasteiger partial charge in [0.15, 0.2) is 0 Å². The summed E-state index contributed by atoms with van der Waals surface area (Å²) >= 11 is 0. The number of hydrogen-bond acceptors (Lipinski definition) is 1. The van der Waals surface area contributed by atoms with Gasteiger partial charge < -0.3 is 9.79 Å². The van der Waals surface area contributed by atoms with E-state index in [9.17, 15) is 14.4 Å². The molecular weight excluding hydrogens is 211 g/mol. The Morgan fingerprint density at radius 2 is 1.80 bits per heavy atom. The summed E-state index contributed by atoms with van der Waals surface area (Å²) in [6.07, 6.45) is 1.54. The minimum Gasteiger partial charge on any atom is -0.321 e. The first kappa shape index (κ1) is 12.4. The van der Waals surface area contributed by atoms with Crippen LogP contribution in [0.4, 0.5) is 0 Å². The third kappa shape index (κ3) is 2.49. The van der Waals surface area contributed by atoms with Gasteiger partial charge in [-0.25, -0.2) is 0 Å². The summed E-state index contributed by atoms with van der Waals surface area (Å²) < 4.78 is 11.3. The van der Waals surface area contributed by atoms with Gasteiger partial charge in [-0.3, -0.25) is 4.57 Å². The summed E-state index contributed by atoms with van der Waals surface area (Å²) in [5.74, 6) is 0. The van der Waals surface area contributed by atoms with Gasteiger partial charge in [0.05, 0.1) is 5.30 Å². The van der Waals surface area contributed by atoms with Crippen molar-refractivity contribution in [2.75, 3.05) is 0 Å². The highest BCUT2D eigenvalue weighted by Crippen LogP contribution is 2.36. The van der Waals surface area contributed by atoms with Crippen LogP contribution in [0.15, 0.2) is 12.1 Å². The van der Waals surface area contributed by atoms with E-state index in [0.29, 0.717) is 6.42 Å². The van der Waals surface area contributed by atoms with E-state index >= 15 is 0 Å². The molecule has 0 saturated carbocycles. The minimum atomic E-state index is -4.13. The Morgan fingerprint density at radius 3 is 2.20 bits per heavy atom. The zero-order valence-corrected chi connectivity index (χ0v) is 10.2. The van der Waals surface area contributed by atoms with Gasteiger partial charge in [0.1, 0.15) is 0 Å². The lowest BCUT2D eigenvalue weighted by molar-refractivity contribution is 0.387. The summed E-state index contributed by atoms with van der Waals surface area (Å²) in [4.78, 5) is 18.4. The van der Waals surface area contributed by atoms with Crippen molar-refractivity contribution in [1.82, 2.24) is 0 Å². The maximum Gasteiger partial charge on any atom is 0.356 e. The topological polar surface area (TPSA) is 57.5 Å². The largest absolute Gasteiger partial charge is 0.356 e. The number of hydrogen-bond donors (Lipinski definition) is 2. The fraction of sp³-hybridized carbons (Fsp3) is 0.455. The Morgan fingerprint density at radius 1 is 1.20 bits per heavy atom. The molecule has 1 aromatic carbocycles. The molecule has 0 aliphatic carbocycles. The summed E-state index contributed by atoms with van der Waals surface area (Å²) in [6, 6.07) is 3.37. The average Bonchev–Trinajstić information content (AvgIpc) is 2.15. The molecule has 0 heterocycles. The van der Waals surface area contributed by atoms with Crippen LogP contribution in [0.2, 0.25) is 0 Å². The molecule has 0 spiro atoms. The van der Waals surface area contributed by atoms with Crippen LogP contribution in [0.1, 0.15) is 30.5 Å². The molecule has 0 unspecified atom stereocenters. The highest BCUT2D eigenvalue weighted by molar-refractivity contribution is 7.60. The number of benzene rings is 1. The van der Waals surface area contributed by atoms with E-state index in [-0.39, 0.29) is 5.30 Å². The van der Waals surface area contributed by atoms with Crippen molar-refractivity contribution >= 4 is 12.9 Å². The predicted octanol–water partition coefficient (Wildman–Crippen LogP) is 1.92. The predicted molar refractivity (Wildman–Crippen MR) is 61.6 cm³/mol. The fourth-order valence-electron chi connectivity index (χ4n) is 1.89. The second-order valence-corrected chi connectivity index (χ2v) is 5.17. The maximum absolute atomic E-state index is 11.3. The van der Waals surface area contributed by atoms with Crippen LogP contribution in [-0.4, -0.2) is 9.79 Å². The summed E-state index contributed by atoms with van der Waals surface area (Å²) in [5.41, 5.74) is 2.97. The van der Waals surface area contributed by atoms with Gasteiger partial charge in [0.2, 0.25) is 0 Å². The fourth-order valence-corrected chi connectivity index (χ4v) is 2.84. The number of rotatable bonds is 3. The quantitative estimate of drug-likeness (QED) is 0.777. The van der Waals surface area contributed by atoms with Crippen LogP contribution in [0.3, 0.4) is 0 Å². The van der Waals surface area contributed by atoms with Crippen molar-refractivity contribution in [2.24, 2.45) is 0 Å². The normalized spacial score (nSPS) is 11.8. The first-order valence-electron chi connectivity index (χ1n) is 5.09. The molecule has 0 amide bonds. The molecule has 3 nitrogen and oxygen atoms in total. The monoisotopic (exact) mass is 228 g/mol. The van der Waals surface area contributed by atoms with Crippen molar-refractivity contribution in [3.8, 4) is 0 Å². The van der Waals surface area contributed by atoms with Gasteiger partial charge in [-0.2, -0.15) is 0 Å². The van der Waals surface area contributed by atoms with E-state index in [4.69, 9.17) is 0 Å². The van der Waals surface area contributed by atoms with Gasteiger partial charge in [-0.1, -0.05) is 19.9 Å². The molecule has 2 N–H and O–H groups in total. The van der Waals surface area contributed by atoms with E-state index in [0.717, 1.165) is 23.1 Å². The van der Waals surface area contributed by atoms with Crippen molar-refractivity contribution in [3.63, 3.8) is 0 Å². The van der Waals surface area contributed by atoms with Gasteiger partial charge in [-0.15, -0.1) is 0 Å². The zero-order valence-electron chi connectivity index (χ0n) is 9.32. The summed E-state index contributed by atoms with van der Waals surface area (Å²) in [6.45, 7) is 5.89. The molecule has 0 fully saturated rings. The third-order valence-electron chi connectivity index (χ3n) is 2.73. The molecule has 0 aromatic heterocycles. The summed E-state index contributed by atoms with van der Waals surface area (Å²) in [7, 11) is -4.13. The minimum absolute atomic E-state index is 0.180. The number of aryl methyl sites for hydroxylation is 1. The van der Waals surface area contributed by atoms with Gasteiger partial charge >= 0.3 is 7.60 Å². The van der Waals surface area contributed by atoms with E-state index in [1.807, 2.05) is 26.8 Å². The first-order chi connectivity index (χ1) is 6.91. The standard InChI is InChI=1S/C11H17O3P/c1-4-9-6-7-11(15(12,13)14)10(5-2)8(9)3/h6-7H,4-5H2,1-3H3,(H2,12,13,14). The Labute approximate surface area is 90.3 Å². The Bertz CT molecular complexity index is 407. The molecule has 84 valence electrons. The zero-order chi connectivity index (χ0) is 11.6. The lowest BCUT2D eigenvalue weighted by atomic mass is 9.99.